The van der Waals surface area contributed by atoms with Crippen LogP contribution in [0.2, 0.25) is 0 Å². The van der Waals surface area contributed by atoms with E-state index in [0.717, 1.165) is 11.3 Å². The van der Waals surface area contributed by atoms with Gasteiger partial charge in [-0.05, 0) is 35.4 Å². The predicted octanol–water partition coefficient (Wildman–Crippen LogP) is -4.59. The maximum atomic E-state index is 14.6. The Hall–Kier alpha value is -10.6. The number of carbonyl (C=O) groups is 6. The number of aliphatic hydroxyl groups excluding tert-OH is 1. The molecule has 0 aliphatic rings. The molecule has 29 heteroatoms. The van der Waals surface area contributed by atoms with Crippen LogP contribution in [0.25, 0.3) is 28.4 Å². The molecule has 4 aromatic carbocycles. The van der Waals surface area contributed by atoms with Crippen LogP contribution in [-0.4, -0.2) is 126 Å². The van der Waals surface area contributed by atoms with Crippen LogP contribution in [0.5, 0.6) is 0 Å². The number of aliphatic imine (C=N–C) groups is 4. The van der Waals surface area contributed by atoms with Gasteiger partial charge in [-0.1, -0.05) is 97.1 Å². The highest BCUT2D eigenvalue weighted by Crippen LogP contribution is 2.29. The molecule has 0 aliphatic heterocycles. The molecule has 0 bridgehead atoms. The molecule has 0 fully saturated rings. The summed E-state index contributed by atoms with van der Waals surface area (Å²) in [5, 5.41) is 23.7. The van der Waals surface area contributed by atoms with Crippen LogP contribution in [0.15, 0.2) is 135 Å². The zero-order valence-electron chi connectivity index (χ0n) is 40.9. The molecular formula is C47H58N22O7. The van der Waals surface area contributed by atoms with Crippen LogP contribution in [-0.2, 0) is 28.8 Å². The second kappa shape index (κ2) is 26.2. The Bertz CT molecular complexity index is 3030. The molecule has 0 saturated heterocycles. The minimum atomic E-state index is -2.15. The fourth-order valence-corrected chi connectivity index (χ4v) is 6.88. The second-order valence-corrected chi connectivity index (χ2v) is 16.3. The molecule has 5 rings (SSSR count). The number of nitrogens with one attached hydrogen (secondary N) is 5. The number of guanidine groups is 4. The SMILES string of the molecule is CN(C)c1ccc(/C=C\CN(c2nc(-c3ccccc3)nc3ccccc23)C(O)C(=O)NC(C(=O)NC(N=C(N)N)C(=O)NC(N=C(N)N)C(=O)NC(N=C(N)N)C(=O)NC(N=C(N)N)C(N)=O)c2ccccc2)cc1. The number of para-hydroxylation sites is 1. The van der Waals surface area contributed by atoms with Crippen LogP contribution in [0.1, 0.15) is 17.2 Å². The van der Waals surface area contributed by atoms with Gasteiger partial charge in [0.25, 0.3) is 29.5 Å². The summed E-state index contributed by atoms with van der Waals surface area (Å²) in [7, 11) is 3.83. The average Bonchev–Trinajstić information content (AvgIpc) is 3.37. The van der Waals surface area contributed by atoms with Gasteiger partial charge in [0.1, 0.15) is 11.9 Å². The van der Waals surface area contributed by atoms with Crippen molar-refractivity contribution in [2.24, 2.45) is 71.6 Å². The maximum Gasteiger partial charge on any atom is 0.271 e. The quantitative estimate of drug-likeness (QED) is 0.0166. The summed E-state index contributed by atoms with van der Waals surface area (Å²) in [4.78, 5) is 109. The molecule has 1 heterocycles. The first-order valence-corrected chi connectivity index (χ1v) is 22.5. The number of hydrogen-bond donors (Lipinski definition) is 15. The number of anilines is 2. The highest BCUT2D eigenvalue weighted by atomic mass is 16.3. The fraction of sp³-hybridized carbons (Fsp3) is 0.191. The molecule has 0 radical (unpaired) electrons. The smallest absolute Gasteiger partial charge is 0.271 e. The van der Waals surface area contributed by atoms with Crippen LogP contribution in [0, 0.1) is 0 Å². The van der Waals surface area contributed by atoms with Crippen LogP contribution < -0.4 is 88.0 Å². The Morgan fingerprint density at radius 2 is 1.01 bits per heavy atom. The first-order valence-electron chi connectivity index (χ1n) is 22.5. The largest absolute Gasteiger partial charge is 0.378 e. The zero-order valence-corrected chi connectivity index (χ0v) is 40.9. The number of amides is 6. The highest BCUT2D eigenvalue weighted by molar-refractivity contribution is 6.00. The van der Waals surface area contributed by atoms with Gasteiger partial charge >= 0.3 is 0 Å². The molecule has 6 atom stereocenters. The van der Waals surface area contributed by atoms with Gasteiger partial charge in [0.2, 0.25) is 36.8 Å². The van der Waals surface area contributed by atoms with Gasteiger partial charge in [-0.15, -0.1) is 0 Å². The van der Waals surface area contributed by atoms with Crippen molar-refractivity contribution >= 4 is 87.8 Å². The third-order valence-electron chi connectivity index (χ3n) is 10.4. The van der Waals surface area contributed by atoms with Crippen molar-refractivity contribution in [1.29, 1.82) is 0 Å². The van der Waals surface area contributed by atoms with Crippen LogP contribution in [0.4, 0.5) is 11.5 Å². The van der Waals surface area contributed by atoms with Crippen molar-refractivity contribution in [3.05, 3.63) is 126 Å². The van der Waals surface area contributed by atoms with Gasteiger partial charge in [0.15, 0.2) is 29.7 Å². The number of nitrogens with two attached hydrogens (primary N) is 9. The van der Waals surface area contributed by atoms with E-state index in [4.69, 9.17) is 61.6 Å². The van der Waals surface area contributed by atoms with E-state index in [9.17, 15) is 33.9 Å². The maximum absolute atomic E-state index is 14.6. The number of carbonyl (C=O) groups excluding carboxylic acids is 6. The number of aliphatic hydroxyl groups is 1. The van der Waals surface area contributed by atoms with Crippen LogP contribution in [0.3, 0.4) is 0 Å². The number of rotatable bonds is 23. The van der Waals surface area contributed by atoms with E-state index in [-0.39, 0.29) is 23.8 Å². The first kappa shape index (κ1) is 56.3. The van der Waals surface area contributed by atoms with Gasteiger partial charge in [-0.3, -0.25) is 28.8 Å². The summed E-state index contributed by atoms with van der Waals surface area (Å²) in [5.74, 6) is -10.00. The standard InChI is InChI=1S/C47H58N22O7/c1-68(2)27-21-19-24(20-22-27)12-11-23-69(37-28-17-9-10-18-29(28)57-32(59-37)26-15-7-4-8-16-26)43(76)42(75)58-30(25-13-5-3-6-14-25)38(71)61-34(65-45(51)52)40(73)63-36(67-47(55)56)41(74)62-35(66-46(53)54)39(72)60-33(31(48)70)64-44(49)50/h3-22,30,33-36,43,76H,23H2,1-2H3,(H2,48,70)(H,58,75)(H,60,72)(H,61,71)(H,62,74)(H,63,73)(H4,49,50,64)(H4,51,52,65)(H4,53,54,66)(H4,55,56,67)/b12-11-. The second-order valence-electron chi connectivity index (χ2n) is 16.3. The number of hydrogen-bond acceptors (Lipinski definition) is 15. The normalized spacial score (nSPS) is 13.1. The lowest BCUT2D eigenvalue weighted by Crippen LogP contribution is -2.58. The summed E-state index contributed by atoms with van der Waals surface area (Å²) in [6, 6.07) is 29.7. The molecular weight excluding hydrogens is 985 g/mol. The highest BCUT2D eigenvalue weighted by Gasteiger charge is 2.35. The van der Waals surface area contributed by atoms with Crippen molar-refractivity contribution in [3.63, 3.8) is 0 Å². The van der Waals surface area contributed by atoms with Crippen molar-refractivity contribution in [1.82, 2.24) is 36.6 Å². The number of fused-ring (bicyclic) bond motifs is 1. The number of primary amides is 1. The average molecular weight is 1040 g/mol. The zero-order chi connectivity index (χ0) is 55.6. The molecule has 1 aromatic heterocycles. The summed E-state index contributed by atoms with van der Waals surface area (Å²) < 4.78 is 0. The van der Waals surface area contributed by atoms with Crippen molar-refractivity contribution in [3.8, 4) is 11.4 Å². The minimum Gasteiger partial charge on any atom is -0.378 e. The van der Waals surface area contributed by atoms with E-state index in [1.54, 1.807) is 66.7 Å². The van der Waals surface area contributed by atoms with Crippen molar-refractivity contribution < 1.29 is 33.9 Å². The Labute approximate surface area is 433 Å². The topological polar surface area (TPSA) is 499 Å². The van der Waals surface area contributed by atoms with Gasteiger partial charge < -0.3 is 93.1 Å². The molecule has 5 aromatic rings. The monoisotopic (exact) mass is 1040 g/mol. The lowest BCUT2D eigenvalue weighted by molar-refractivity contribution is -0.136. The third kappa shape index (κ3) is 16.0. The molecule has 6 unspecified atom stereocenters. The van der Waals surface area contributed by atoms with Crippen LogP contribution >= 0.6 is 0 Å². The molecule has 76 heavy (non-hydrogen) atoms. The van der Waals surface area contributed by atoms with Gasteiger partial charge in [-0.25, -0.2) is 29.9 Å². The molecule has 29 nitrogen and oxygen atoms in total. The fourth-order valence-electron chi connectivity index (χ4n) is 6.88. The minimum absolute atomic E-state index is 0.109. The van der Waals surface area contributed by atoms with E-state index in [1.807, 2.05) is 66.8 Å². The van der Waals surface area contributed by atoms with Crippen molar-refractivity contribution in [2.45, 2.75) is 36.9 Å². The van der Waals surface area contributed by atoms with E-state index < -0.39 is 96.2 Å². The van der Waals surface area contributed by atoms with E-state index >= 15 is 0 Å². The molecule has 0 saturated carbocycles. The predicted molar refractivity (Wildman–Crippen MR) is 286 cm³/mol. The summed E-state index contributed by atoms with van der Waals surface area (Å²) in [5.41, 5.74) is 52.4. The lowest BCUT2D eigenvalue weighted by atomic mass is 10.1. The Morgan fingerprint density at radius 1 is 0.553 bits per heavy atom. The van der Waals surface area contributed by atoms with Gasteiger partial charge in [0.05, 0.1) is 5.52 Å². The van der Waals surface area contributed by atoms with E-state index in [1.165, 1.54) is 17.0 Å². The Kier molecular flexibility index (Phi) is 19.4. The number of aromatic nitrogens is 2. The molecule has 24 N–H and O–H groups in total. The van der Waals surface area contributed by atoms with Gasteiger partial charge in [-0.2, -0.15) is 0 Å². The number of benzene rings is 4. The Morgan fingerprint density at radius 3 is 1.51 bits per heavy atom. The first-order chi connectivity index (χ1) is 36.1. The summed E-state index contributed by atoms with van der Waals surface area (Å²) >= 11 is 0. The number of nitrogens with zero attached hydrogens (tertiary/aromatic N) is 8. The molecule has 6 amide bonds. The molecule has 398 valence electrons. The van der Waals surface area contributed by atoms with E-state index in [2.05, 4.69) is 41.2 Å². The summed E-state index contributed by atoms with van der Waals surface area (Å²) in [6.45, 7) is -0.109. The van der Waals surface area contributed by atoms with Crippen molar-refractivity contribution in [2.75, 3.05) is 30.4 Å². The summed E-state index contributed by atoms with van der Waals surface area (Å²) in [6.07, 6.45) is -6.74. The molecule has 0 aliphatic carbocycles. The lowest BCUT2D eigenvalue weighted by Gasteiger charge is -2.30. The Balaban J connectivity index is 1.47. The third-order valence-corrected chi connectivity index (χ3v) is 10.4. The molecule has 0 spiro atoms. The van der Waals surface area contributed by atoms with Gasteiger partial charge in [0, 0.05) is 37.3 Å². The van der Waals surface area contributed by atoms with E-state index in [0.29, 0.717) is 16.5 Å².